The summed E-state index contributed by atoms with van der Waals surface area (Å²) >= 11 is 12.9. The minimum atomic E-state index is -0.117. The average molecular weight is 461 g/mol. The molecule has 7 heteroatoms. The van der Waals surface area contributed by atoms with Gasteiger partial charge in [0.25, 0.3) is 0 Å². The van der Waals surface area contributed by atoms with Crippen LogP contribution in [0.3, 0.4) is 0 Å². The van der Waals surface area contributed by atoms with Gasteiger partial charge >= 0.3 is 0 Å². The Hall–Kier alpha value is -2.11. The molecule has 5 rings (SSSR count). The summed E-state index contributed by atoms with van der Waals surface area (Å²) in [5.74, 6) is 2.59. The number of ether oxygens (including phenoxy) is 3. The third-order valence-corrected chi connectivity index (χ3v) is 7.11. The molecule has 5 nitrogen and oxygen atoms in total. The van der Waals surface area contributed by atoms with E-state index in [9.17, 15) is 0 Å². The standard InChI is InChI=1S/C24H26Cl2N2O3/c1-29-21-9-8-15(10-22(21)30-2)19-13-20-17-11-16(25)12-18(26)23(17)31-24(28(20)27-19)14-6-4-3-5-7-14/h8-12,14,20,24H,3-7,13H2,1-2H3/t20-,24-/m1/s1. The van der Waals surface area contributed by atoms with Crippen LogP contribution in [0.2, 0.25) is 10.0 Å². The van der Waals surface area contributed by atoms with Crippen LogP contribution in [0.15, 0.2) is 35.4 Å². The Kier molecular flexibility index (Phi) is 5.65. The molecule has 0 saturated heterocycles. The quantitative estimate of drug-likeness (QED) is 0.524. The molecule has 3 aliphatic rings. The summed E-state index contributed by atoms with van der Waals surface area (Å²) in [5, 5.41) is 8.40. The molecule has 0 aromatic heterocycles. The van der Waals surface area contributed by atoms with Gasteiger partial charge in [0.15, 0.2) is 17.7 Å². The number of hydrogen-bond donors (Lipinski definition) is 0. The van der Waals surface area contributed by atoms with E-state index in [0.717, 1.165) is 41.9 Å². The minimum absolute atomic E-state index is 0.0509. The van der Waals surface area contributed by atoms with Gasteiger partial charge in [0.2, 0.25) is 0 Å². The van der Waals surface area contributed by atoms with E-state index in [1.54, 1.807) is 20.3 Å². The molecule has 0 radical (unpaired) electrons. The maximum absolute atomic E-state index is 6.57. The van der Waals surface area contributed by atoms with Crippen LogP contribution in [0.4, 0.5) is 0 Å². The van der Waals surface area contributed by atoms with Gasteiger partial charge < -0.3 is 14.2 Å². The van der Waals surface area contributed by atoms with Crippen LogP contribution in [0, 0.1) is 5.92 Å². The zero-order valence-corrected chi connectivity index (χ0v) is 19.2. The van der Waals surface area contributed by atoms with E-state index in [1.165, 1.54) is 19.3 Å². The summed E-state index contributed by atoms with van der Waals surface area (Å²) in [6.45, 7) is 0. The average Bonchev–Trinajstić information content (AvgIpc) is 3.24. The molecule has 0 bridgehead atoms. The van der Waals surface area contributed by atoms with Crippen molar-refractivity contribution in [3.05, 3.63) is 51.5 Å². The lowest BCUT2D eigenvalue weighted by atomic mass is 9.86. The van der Waals surface area contributed by atoms with Gasteiger partial charge in [0.1, 0.15) is 5.75 Å². The lowest BCUT2D eigenvalue weighted by Crippen LogP contribution is -2.46. The third-order valence-electron chi connectivity index (χ3n) is 6.61. The Morgan fingerprint density at radius 2 is 1.77 bits per heavy atom. The summed E-state index contributed by atoms with van der Waals surface area (Å²) < 4.78 is 17.4. The summed E-state index contributed by atoms with van der Waals surface area (Å²) in [4.78, 5) is 0. The molecule has 2 aliphatic heterocycles. The van der Waals surface area contributed by atoms with Crippen LogP contribution in [-0.2, 0) is 0 Å². The second kappa shape index (κ2) is 8.44. The lowest BCUT2D eigenvalue weighted by Gasteiger charge is -2.43. The number of benzene rings is 2. The molecular formula is C24H26Cl2N2O3. The van der Waals surface area contributed by atoms with Gasteiger partial charge in [0, 0.05) is 28.5 Å². The Balaban J connectivity index is 1.55. The van der Waals surface area contributed by atoms with Crippen LogP contribution < -0.4 is 14.2 Å². The van der Waals surface area contributed by atoms with Crippen LogP contribution in [0.5, 0.6) is 17.2 Å². The highest BCUT2D eigenvalue weighted by molar-refractivity contribution is 6.35. The zero-order chi connectivity index (χ0) is 21.5. The number of halogens is 2. The molecule has 2 aromatic carbocycles. The Labute approximate surface area is 192 Å². The molecular weight excluding hydrogens is 435 g/mol. The van der Waals surface area contributed by atoms with Crippen molar-refractivity contribution in [1.82, 2.24) is 5.01 Å². The van der Waals surface area contributed by atoms with E-state index in [2.05, 4.69) is 5.01 Å². The first-order valence-electron chi connectivity index (χ1n) is 10.8. The van der Waals surface area contributed by atoms with E-state index < -0.39 is 0 Å². The van der Waals surface area contributed by atoms with Crippen molar-refractivity contribution in [2.75, 3.05) is 14.2 Å². The molecule has 2 aromatic rings. The first-order chi connectivity index (χ1) is 15.1. The molecule has 0 N–H and O–H groups in total. The molecule has 31 heavy (non-hydrogen) atoms. The van der Waals surface area contributed by atoms with Crippen molar-refractivity contribution >= 4 is 28.9 Å². The van der Waals surface area contributed by atoms with Gasteiger partial charge in [-0.1, -0.05) is 42.5 Å². The fourth-order valence-electron chi connectivity index (χ4n) is 5.06. The number of hydrazone groups is 1. The minimum Gasteiger partial charge on any atom is -0.493 e. The molecule has 0 amide bonds. The predicted octanol–water partition coefficient (Wildman–Crippen LogP) is 6.46. The SMILES string of the molecule is COc1ccc(C2=NN3[C@H](C2)c2cc(Cl)cc(Cl)c2O[C@@H]3C2CCCCC2)cc1OC. The van der Waals surface area contributed by atoms with Crippen molar-refractivity contribution < 1.29 is 14.2 Å². The van der Waals surface area contributed by atoms with E-state index >= 15 is 0 Å². The highest BCUT2D eigenvalue weighted by Crippen LogP contribution is 2.49. The Morgan fingerprint density at radius 3 is 2.52 bits per heavy atom. The van der Waals surface area contributed by atoms with Crippen LogP contribution in [-0.4, -0.2) is 31.2 Å². The normalized spacial score (nSPS) is 23.0. The fraction of sp³-hybridized carbons (Fsp3) is 0.458. The molecule has 2 heterocycles. The van der Waals surface area contributed by atoms with E-state index in [4.69, 9.17) is 42.5 Å². The Morgan fingerprint density at radius 1 is 1.00 bits per heavy atom. The maximum Gasteiger partial charge on any atom is 0.190 e. The molecule has 0 spiro atoms. The Bertz CT molecular complexity index is 1020. The molecule has 2 atom stereocenters. The lowest BCUT2D eigenvalue weighted by molar-refractivity contribution is -0.0642. The second-order valence-electron chi connectivity index (χ2n) is 8.43. The number of rotatable bonds is 4. The first kappa shape index (κ1) is 20.8. The third kappa shape index (κ3) is 3.72. The topological polar surface area (TPSA) is 43.3 Å². The molecule has 1 fully saturated rings. The van der Waals surface area contributed by atoms with Gasteiger partial charge in [-0.3, -0.25) is 0 Å². The van der Waals surface area contributed by atoms with Crippen molar-refractivity contribution in [2.24, 2.45) is 11.0 Å². The van der Waals surface area contributed by atoms with Crippen molar-refractivity contribution in [1.29, 1.82) is 0 Å². The molecule has 0 unspecified atom stereocenters. The summed E-state index contributed by atoms with van der Waals surface area (Å²) in [6.07, 6.45) is 6.69. The maximum atomic E-state index is 6.57. The number of fused-ring (bicyclic) bond motifs is 3. The van der Waals surface area contributed by atoms with Crippen molar-refractivity contribution in [2.45, 2.75) is 50.8 Å². The number of methoxy groups -OCH3 is 2. The van der Waals surface area contributed by atoms with Crippen LogP contribution in [0.1, 0.15) is 55.7 Å². The second-order valence-corrected chi connectivity index (χ2v) is 9.27. The van der Waals surface area contributed by atoms with Gasteiger partial charge in [-0.15, -0.1) is 0 Å². The molecule has 1 aliphatic carbocycles. The van der Waals surface area contributed by atoms with Crippen molar-refractivity contribution in [3.63, 3.8) is 0 Å². The van der Waals surface area contributed by atoms with E-state index in [1.807, 2.05) is 24.3 Å². The van der Waals surface area contributed by atoms with Crippen molar-refractivity contribution in [3.8, 4) is 17.2 Å². The van der Waals surface area contributed by atoms with Gasteiger partial charge in [0.05, 0.1) is 31.0 Å². The van der Waals surface area contributed by atoms with Gasteiger partial charge in [-0.2, -0.15) is 5.10 Å². The van der Waals surface area contributed by atoms with E-state index in [0.29, 0.717) is 27.5 Å². The highest BCUT2D eigenvalue weighted by Gasteiger charge is 2.44. The number of nitrogens with zero attached hydrogens (tertiary/aromatic N) is 2. The predicted molar refractivity (Wildman–Crippen MR) is 123 cm³/mol. The monoisotopic (exact) mass is 460 g/mol. The highest BCUT2D eigenvalue weighted by atomic mass is 35.5. The zero-order valence-electron chi connectivity index (χ0n) is 17.7. The van der Waals surface area contributed by atoms with Crippen LogP contribution >= 0.6 is 23.2 Å². The number of hydrogen-bond acceptors (Lipinski definition) is 5. The largest absolute Gasteiger partial charge is 0.493 e. The van der Waals surface area contributed by atoms with Gasteiger partial charge in [-0.05, 0) is 43.2 Å². The summed E-state index contributed by atoms with van der Waals surface area (Å²) in [5.41, 5.74) is 3.02. The summed E-state index contributed by atoms with van der Waals surface area (Å²) in [6, 6.07) is 9.71. The molecule has 164 valence electrons. The fourth-order valence-corrected chi connectivity index (χ4v) is 5.62. The van der Waals surface area contributed by atoms with Crippen LogP contribution in [0.25, 0.3) is 0 Å². The summed E-state index contributed by atoms with van der Waals surface area (Å²) in [7, 11) is 3.29. The van der Waals surface area contributed by atoms with E-state index in [-0.39, 0.29) is 12.3 Å². The molecule has 1 saturated carbocycles. The smallest absolute Gasteiger partial charge is 0.190 e. The van der Waals surface area contributed by atoms with Gasteiger partial charge in [-0.25, -0.2) is 5.01 Å². The first-order valence-corrected chi connectivity index (χ1v) is 11.6.